The van der Waals surface area contributed by atoms with Crippen LogP contribution in [0, 0.1) is 0 Å². The first-order valence-electron chi connectivity index (χ1n) is 8.07. The molecule has 4 nitrogen and oxygen atoms in total. The van der Waals surface area contributed by atoms with Crippen LogP contribution in [-0.4, -0.2) is 29.9 Å². The summed E-state index contributed by atoms with van der Waals surface area (Å²) in [5, 5.41) is 0.594. The van der Waals surface area contributed by atoms with E-state index in [-0.39, 0.29) is 12.5 Å². The van der Waals surface area contributed by atoms with Crippen LogP contribution in [0.25, 0.3) is 6.08 Å². The quantitative estimate of drug-likeness (QED) is 0.623. The summed E-state index contributed by atoms with van der Waals surface area (Å²) in [6, 6.07) is 15.2. The van der Waals surface area contributed by atoms with Crippen LogP contribution in [-0.2, 0) is 27.3 Å². The minimum atomic E-state index is -0.550. The van der Waals surface area contributed by atoms with Gasteiger partial charge in [0.1, 0.15) is 0 Å². The molecule has 0 saturated carbocycles. The van der Waals surface area contributed by atoms with Crippen LogP contribution in [0.1, 0.15) is 16.7 Å². The topological polar surface area (TPSA) is 46.6 Å². The Labute approximate surface area is 151 Å². The Morgan fingerprint density at radius 2 is 1.92 bits per heavy atom. The predicted octanol–water partition coefficient (Wildman–Crippen LogP) is 3.48. The maximum absolute atomic E-state index is 12.2. The molecule has 3 rings (SSSR count). The number of carbonyl (C=O) groups is 2. The van der Waals surface area contributed by atoms with E-state index in [9.17, 15) is 9.59 Å². The Balaban J connectivity index is 1.50. The minimum absolute atomic E-state index is 0.181. The lowest BCUT2D eigenvalue weighted by Crippen LogP contribution is -2.38. The summed E-state index contributed by atoms with van der Waals surface area (Å²) in [7, 11) is 0. The summed E-state index contributed by atoms with van der Waals surface area (Å²) < 4.78 is 5.05. The second-order valence-electron chi connectivity index (χ2n) is 5.83. The molecule has 0 unspecified atom stereocenters. The lowest BCUT2D eigenvalue weighted by atomic mass is 10.00. The van der Waals surface area contributed by atoms with Crippen molar-refractivity contribution >= 4 is 29.6 Å². The van der Waals surface area contributed by atoms with E-state index < -0.39 is 5.97 Å². The average Bonchev–Trinajstić information content (AvgIpc) is 2.64. The molecule has 1 heterocycles. The number of nitrogens with zero attached hydrogens (tertiary/aromatic N) is 1. The van der Waals surface area contributed by atoms with Gasteiger partial charge < -0.3 is 9.64 Å². The van der Waals surface area contributed by atoms with Crippen molar-refractivity contribution in [1.82, 2.24) is 4.90 Å². The van der Waals surface area contributed by atoms with E-state index in [1.165, 1.54) is 11.6 Å². The van der Waals surface area contributed by atoms with E-state index in [1.54, 1.807) is 29.2 Å². The van der Waals surface area contributed by atoms with E-state index in [1.807, 2.05) is 24.3 Å². The number of ether oxygens (including phenoxy) is 1. The second-order valence-corrected chi connectivity index (χ2v) is 6.27. The first-order chi connectivity index (χ1) is 12.1. The van der Waals surface area contributed by atoms with Gasteiger partial charge >= 0.3 is 5.97 Å². The van der Waals surface area contributed by atoms with Crippen molar-refractivity contribution in [1.29, 1.82) is 0 Å². The molecule has 5 heteroatoms. The molecule has 1 aliphatic rings. The largest absolute Gasteiger partial charge is 0.452 e. The second kappa shape index (κ2) is 7.99. The summed E-state index contributed by atoms with van der Waals surface area (Å²) in [6.45, 7) is 0.956. The Morgan fingerprint density at radius 3 is 2.72 bits per heavy atom. The number of esters is 1. The van der Waals surface area contributed by atoms with Gasteiger partial charge in [-0.25, -0.2) is 4.79 Å². The number of hydrogen-bond acceptors (Lipinski definition) is 3. The summed E-state index contributed by atoms with van der Waals surface area (Å²) in [6.07, 6.45) is 3.73. The van der Waals surface area contributed by atoms with E-state index >= 15 is 0 Å². The van der Waals surface area contributed by atoms with Gasteiger partial charge in [0, 0.05) is 24.2 Å². The number of rotatable bonds is 4. The van der Waals surface area contributed by atoms with Crippen LogP contribution in [0.15, 0.2) is 54.6 Å². The third-order valence-corrected chi connectivity index (χ3v) is 4.32. The number of benzene rings is 2. The highest BCUT2D eigenvalue weighted by molar-refractivity contribution is 6.30. The molecule has 0 radical (unpaired) electrons. The van der Waals surface area contributed by atoms with Crippen molar-refractivity contribution in [3.05, 3.63) is 76.3 Å². The molecule has 2 aromatic carbocycles. The van der Waals surface area contributed by atoms with Gasteiger partial charge in [-0.15, -0.1) is 0 Å². The van der Waals surface area contributed by atoms with Crippen molar-refractivity contribution < 1.29 is 14.3 Å². The van der Waals surface area contributed by atoms with E-state index in [2.05, 4.69) is 6.07 Å². The van der Waals surface area contributed by atoms with Gasteiger partial charge in [-0.3, -0.25) is 4.79 Å². The average molecular weight is 356 g/mol. The lowest BCUT2D eigenvalue weighted by Gasteiger charge is -2.28. The van der Waals surface area contributed by atoms with Crippen LogP contribution in [0.4, 0.5) is 0 Å². The SMILES string of the molecule is O=C(/C=C/c1cccc(Cl)c1)OCC(=O)N1CCc2ccccc2C1. The lowest BCUT2D eigenvalue weighted by molar-refractivity contribution is -0.148. The fourth-order valence-electron chi connectivity index (χ4n) is 2.76. The number of carbonyl (C=O) groups excluding carboxylic acids is 2. The molecule has 0 saturated heterocycles. The van der Waals surface area contributed by atoms with Crippen molar-refractivity contribution in [2.24, 2.45) is 0 Å². The first kappa shape index (κ1) is 17.2. The predicted molar refractivity (Wildman–Crippen MR) is 97.0 cm³/mol. The summed E-state index contributed by atoms with van der Waals surface area (Å²) >= 11 is 5.88. The normalized spacial score (nSPS) is 13.6. The number of hydrogen-bond donors (Lipinski definition) is 0. The smallest absolute Gasteiger partial charge is 0.331 e. The van der Waals surface area contributed by atoms with E-state index in [4.69, 9.17) is 16.3 Å². The zero-order valence-electron chi connectivity index (χ0n) is 13.7. The molecule has 128 valence electrons. The number of halogens is 1. The van der Waals surface area contributed by atoms with Crippen LogP contribution in [0.2, 0.25) is 5.02 Å². The monoisotopic (exact) mass is 355 g/mol. The van der Waals surface area contributed by atoms with Gasteiger partial charge in [-0.1, -0.05) is 48.0 Å². The molecule has 0 aliphatic carbocycles. The molecular formula is C20H18ClNO3. The fourth-order valence-corrected chi connectivity index (χ4v) is 2.95. The summed E-state index contributed by atoms with van der Waals surface area (Å²) in [5.74, 6) is -0.732. The molecule has 0 aromatic heterocycles. The molecule has 2 aromatic rings. The zero-order valence-corrected chi connectivity index (χ0v) is 14.4. The third-order valence-electron chi connectivity index (χ3n) is 4.08. The molecule has 1 aliphatic heterocycles. The third kappa shape index (κ3) is 4.70. The van der Waals surface area contributed by atoms with E-state index in [0.29, 0.717) is 18.1 Å². The van der Waals surface area contributed by atoms with Crippen LogP contribution in [0.5, 0.6) is 0 Å². The van der Waals surface area contributed by atoms with Crippen LogP contribution < -0.4 is 0 Å². The van der Waals surface area contributed by atoms with Gasteiger partial charge in [0.05, 0.1) is 0 Å². The van der Waals surface area contributed by atoms with Crippen molar-refractivity contribution in [2.45, 2.75) is 13.0 Å². The summed E-state index contributed by atoms with van der Waals surface area (Å²) in [5.41, 5.74) is 3.21. The maximum atomic E-state index is 12.2. The number of fused-ring (bicyclic) bond motifs is 1. The molecule has 0 spiro atoms. The zero-order chi connectivity index (χ0) is 17.6. The Hall–Kier alpha value is -2.59. The van der Waals surface area contributed by atoms with Crippen molar-refractivity contribution in [2.75, 3.05) is 13.2 Å². The van der Waals surface area contributed by atoms with Gasteiger partial charge in [0.15, 0.2) is 6.61 Å². The highest BCUT2D eigenvalue weighted by Crippen LogP contribution is 2.18. The van der Waals surface area contributed by atoms with E-state index in [0.717, 1.165) is 17.5 Å². The molecule has 1 amide bonds. The molecule has 0 atom stereocenters. The minimum Gasteiger partial charge on any atom is -0.452 e. The first-order valence-corrected chi connectivity index (χ1v) is 8.44. The van der Waals surface area contributed by atoms with Gasteiger partial charge in [-0.2, -0.15) is 0 Å². The van der Waals surface area contributed by atoms with Crippen molar-refractivity contribution in [3.63, 3.8) is 0 Å². The van der Waals surface area contributed by atoms with Crippen LogP contribution in [0.3, 0.4) is 0 Å². The van der Waals surface area contributed by atoms with Crippen molar-refractivity contribution in [3.8, 4) is 0 Å². The molecular weight excluding hydrogens is 338 g/mol. The van der Waals surface area contributed by atoms with Gasteiger partial charge in [0.2, 0.25) is 0 Å². The highest BCUT2D eigenvalue weighted by atomic mass is 35.5. The summed E-state index contributed by atoms with van der Waals surface area (Å²) in [4.78, 5) is 25.7. The van der Waals surface area contributed by atoms with Crippen LogP contribution >= 0.6 is 11.6 Å². The standard InChI is InChI=1S/C20H18ClNO3/c21-18-7-3-4-15(12-18)8-9-20(24)25-14-19(23)22-11-10-16-5-1-2-6-17(16)13-22/h1-9,12H,10-11,13-14H2/b9-8+. The highest BCUT2D eigenvalue weighted by Gasteiger charge is 2.20. The Kier molecular flexibility index (Phi) is 5.51. The molecule has 0 N–H and O–H groups in total. The Morgan fingerprint density at radius 1 is 1.12 bits per heavy atom. The van der Waals surface area contributed by atoms with Gasteiger partial charge in [-0.05, 0) is 41.3 Å². The Bertz CT molecular complexity index is 816. The molecule has 25 heavy (non-hydrogen) atoms. The molecule has 0 bridgehead atoms. The fraction of sp³-hybridized carbons (Fsp3) is 0.200. The van der Waals surface area contributed by atoms with Gasteiger partial charge in [0.25, 0.3) is 5.91 Å². The maximum Gasteiger partial charge on any atom is 0.331 e. The molecule has 0 fully saturated rings. The number of amides is 1.